The minimum absolute atomic E-state index is 0.0691. The van der Waals surface area contributed by atoms with Crippen LogP contribution in [0.25, 0.3) is 10.9 Å². The maximum absolute atomic E-state index is 13.5. The number of nitrogens with zero attached hydrogens (tertiary/aromatic N) is 2. The van der Waals surface area contributed by atoms with Gasteiger partial charge in [-0.1, -0.05) is 36.9 Å². The Labute approximate surface area is 258 Å². The fourth-order valence-corrected chi connectivity index (χ4v) is 5.81. The van der Waals surface area contributed by atoms with Crippen LogP contribution in [0.5, 0.6) is 23.0 Å². The Kier molecular flexibility index (Phi) is 9.90. The van der Waals surface area contributed by atoms with Crippen molar-refractivity contribution in [3.8, 4) is 23.0 Å². The van der Waals surface area contributed by atoms with Crippen molar-refractivity contribution < 1.29 is 28.5 Å². The van der Waals surface area contributed by atoms with Crippen LogP contribution in [0.3, 0.4) is 0 Å². The average Bonchev–Trinajstić information content (AvgIpc) is 3.51. The number of benzene rings is 3. The minimum Gasteiger partial charge on any atom is -0.493 e. The highest BCUT2D eigenvalue weighted by molar-refractivity contribution is 8.00. The number of aromatic nitrogens is 2. The van der Waals surface area contributed by atoms with Crippen molar-refractivity contribution in [2.45, 2.75) is 43.1 Å². The van der Waals surface area contributed by atoms with E-state index in [1.54, 1.807) is 50.6 Å². The molecule has 3 aromatic carbocycles. The summed E-state index contributed by atoms with van der Waals surface area (Å²) in [6.45, 7) is 2.56. The number of nitrogens with one attached hydrogen (secondary N) is 2. The highest BCUT2D eigenvalue weighted by Gasteiger charge is 2.23. The first kappa shape index (κ1) is 30.7. The van der Waals surface area contributed by atoms with Gasteiger partial charge in [0.05, 0.1) is 30.4 Å². The summed E-state index contributed by atoms with van der Waals surface area (Å²) in [5.74, 6) is 2.01. The molecule has 2 amide bonds. The zero-order chi connectivity index (χ0) is 31.1. The van der Waals surface area contributed by atoms with Gasteiger partial charge in [-0.15, -0.1) is 0 Å². The number of anilines is 1. The van der Waals surface area contributed by atoms with Gasteiger partial charge in [-0.05, 0) is 54.8 Å². The van der Waals surface area contributed by atoms with Crippen LogP contribution >= 0.6 is 11.8 Å². The standard InChI is InChI=1S/C32H34N4O7S/c1-4-28(30(38)34-21-10-12-25-27(18-21)43-19-42-25)44-32-35-23-8-6-5-7-22(23)31(39)36(32)16-14-29(37)33-15-13-20-9-11-24(40-2)26(17-20)41-3/h5-12,17-18,28H,4,13-16,19H2,1-3H3,(H,33,37)(H,34,38)/t28-/m0/s1. The molecular formula is C32H34N4O7S. The quantitative estimate of drug-likeness (QED) is 0.165. The lowest BCUT2D eigenvalue weighted by molar-refractivity contribution is -0.121. The number of ether oxygens (including phenoxy) is 4. The molecule has 44 heavy (non-hydrogen) atoms. The molecule has 12 heteroatoms. The van der Waals surface area contributed by atoms with E-state index >= 15 is 0 Å². The van der Waals surface area contributed by atoms with Crippen LogP contribution in [0.4, 0.5) is 5.69 Å². The summed E-state index contributed by atoms with van der Waals surface area (Å²) in [5.41, 5.74) is 1.83. The molecule has 0 fully saturated rings. The highest BCUT2D eigenvalue weighted by Crippen LogP contribution is 2.35. The maximum atomic E-state index is 13.5. The summed E-state index contributed by atoms with van der Waals surface area (Å²) in [6, 6.07) is 17.9. The van der Waals surface area contributed by atoms with E-state index in [0.29, 0.717) is 64.1 Å². The first-order valence-electron chi connectivity index (χ1n) is 14.2. The van der Waals surface area contributed by atoms with Crippen molar-refractivity contribution >= 4 is 40.2 Å². The molecule has 230 valence electrons. The van der Waals surface area contributed by atoms with Gasteiger partial charge >= 0.3 is 0 Å². The third-order valence-electron chi connectivity index (χ3n) is 7.12. The number of rotatable bonds is 13. The average molecular weight is 619 g/mol. The van der Waals surface area contributed by atoms with Crippen LogP contribution in [0, 0.1) is 0 Å². The third kappa shape index (κ3) is 7.08. The van der Waals surface area contributed by atoms with E-state index in [1.807, 2.05) is 31.2 Å². The summed E-state index contributed by atoms with van der Waals surface area (Å²) in [6.07, 6.45) is 1.15. The summed E-state index contributed by atoms with van der Waals surface area (Å²) >= 11 is 1.20. The lowest BCUT2D eigenvalue weighted by Crippen LogP contribution is -2.31. The summed E-state index contributed by atoms with van der Waals surface area (Å²) < 4.78 is 22.9. The smallest absolute Gasteiger partial charge is 0.262 e. The molecule has 0 aliphatic carbocycles. The van der Waals surface area contributed by atoms with Crippen molar-refractivity contribution in [2.24, 2.45) is 0 Å². The minimum atomic E-state index is -0.546. The lowest BCUT2D eigenvalue weighted by atomic mass is 10.1. The third-order valence-corrected chi connectivity index (χ3v) is 8.48. The number of para-hydroxylation sites is 1. The van der Waals surface area contributed by atoms with E-state index in [-0.39, 0.29) is 37.1 Å². The van der Waals surface area contributed by atoms with Crippen LogP contribution in [0.2, 0.25) is 0 Å². The van der Waals surface area contributed by atoms with Crippen LogP contribution in [0.15, 0.2) is 70.6 Å². The maximum Gasteiger partial charge on any atom is 0.262 e. The van der Waals surface area contributed by atoms with Gasteiger partial charge in [-0.3, -0.25) is 19.0 Å². The highest BCUT2D eigenvalue weighted by atomic mass is 32.2. The second kappa shape index (κ2) is 14.2. The van der Waals surface area contributed by atoms with Crippen molar-refractivity contribution in [1.82, 2.24) is 14.9 Å². The van der Waals surface area contributed by atoms with Crippen molar-refractivity contribution in [2.75, 3.05) is 32.9 Å². The Bertz CT molecular complexity index is 1730. The molecule has 1 aliphatic heterocycles. The van der Waals surface area contributed by atoms with E-state index in [1.165, 1.54) is 16.3 Å². The van der Waals surface area contributed by atoms with E-state index in [4.69, 9.17) is 23.9 Å². The molecule has 1 aliphatic rings. The number of carbonyl (C=O) groups is 2. The summed E-state index contributed by atoms with van der Waals surface area (Å²) in [5, 5.41) is 6.12. The number of fused-ring (bicyclic) bond motifs is 2. The van der Waals surface area contributed by atoms with Crippen molar-refractivity contribution in [1.29, 1.82) is 0 Å². The second-order valence-electron chi connectivity index (χ2n) is 9.98. The molecule has 0 saturated carbocycles. The molecule has 11 nitrogen and oxygen atoms in total. The fraction of sp³-hybridized carbons (Fsp3) is 0.312. The normalized spacial score (nSPS) is 12.5. The molecule has 1 atom stereocenters. The molecule has 2 heterocycles. The molecule has 0 radical (unpaired) electrons. The first-order chi connectivity index (χ1) is 21.4. The van der Waals surface area contributed by atoms with E-state index in [0.717, 1.165) is 5.56 Å². The number of methoxy groups -OCH3 is 2. The van der Waals surface area contributed by atoms with Crippen LogP contribution in [-0.4, -0.2) is 54.2 Å². The molecular weight excluding hydrogens is 584 g/mol. The monoisotopic (exact) mass is 618 g/mol. The largest absolute Gasteiger partial charge is 0.493 e. The van der Waals surface area contributed by atoms with Gasteiger partial charge in [0.1, 0.15) is 0 Å². The number of carbonyl (C=O) groups excluding carboxylic acids is 2. The van der Waals surface area contributed by atoms with E-state index in [2.05, 4.69) is 10.6 Å². The second-order valence-corrected chi connectivity index (χ2v) is 11.1. The van der Waals surface area contributed by atoms with Gasteiger partial charge in [-0.2, -0.15) is 0 Å². The molecule has 0 saturated heterocycles. The summed E-state index contributed by atoms with van der Waals surface area (Å²) in [4.78, 5) is 44.4. The Hall–Kier alpha value is -4.71. The van der Waals surface area contributed by atoms with Crippen LogP contribution in [-0.2, 0) is 22.6 Å². The first-order valence-corrected chi connectivity index (χ1v) is 15.1. The van der Waals surface area contributed by atoms with Crippen molar-refractivity contribution in [3.05, 3.63) is 76.6 Å². The van der Waals surface area contributed by atoms with Crippen molar-refractivity contribution in [3.63, 3.8) is 0 Å². The van der Waals surface area contributed by atoms with Gasteiger partial charge in [0.15, 0.2) is 28.2 Å². The van der Waals surface area contributed by atoms with Gasteiger partial charge in [-0.25, -0.2) is 4.98 Å². The predicted molar refractivity (Wildman–Crippen MR) is 168 cm³/mol. The Balaban J connectivity index is 1.26. The Morgan fingerprint density at radius 2 is 1.82 bits per heavy atom. The van der Waals surface area contributed by atoms with Crippen LogP contribution < -0.4 is 35.1 Å². The number of amides is 2. The Morgan fingerprint density at radius 1 is 1.02 bits per heavy atom. The SMILES string of the molecule is CC[C@H](Sc1nc2ccccc2c(=O)n1CCC(=O)NCCc1ccc(OC)c(OC)c1)C(=O)Nc1ccc2c(c1)OCO2. The molecule has 0 spiro atoms. The molecule has 2 N–H and O–H groups in total. The number of thioether (sulfide) groups is 1. The molecule has 0 bridgehead atoms. The number of hydrogen-bond acceptors (Lipinski definition) is 9. The molecule has 4 aromatic rings. The van der Waals surface area contributed by atoms with E-state index < -0.39 is 5.25 Å². The van der Waals surface area contributed by atoms with E-state index in [9.17, 15) is 14.4 Å². The predicted octanol–water partition coefficient (Wildman–Crippen LogP) is 4.40. The number of hydrogen-bond donors (Lipinski definition) is 2. The summed E-state index contributed by atoms with van der Waals surface area (Å²) in [7, 11) is 3.16. The zero-order valence-electron chi connectivity index (χ0n) is 24.8. The molecule has 5 rings (SSSR count). The fourth-order valence-electron chi connectivity index (χ4n) is 4.77. The van der Waals surface area contributed by atoms with Crippen LogP contribution in [0.1, 0.15) is 25.3 Å². The zero-order valence-corrected chi connectivity index (χ0v) is 25.6. The Morgan fingerprint density at radius 3 is 2.61 bits per heavy atom. The van der Waals surface area contributed by atoms with Gasteiger partial charge in [0.2, 0.25) is 18.6 Å². The van der Waals surface area contributed by atoms with Gasteiger partial charge in [0, 0.05) is 31.3 Å². The van der Waals surface area contributed by atoms with Gasteiger partial charge < -0.3 is 29.6 Å². The lowest BCUT2D eigenvalue weighted by Gasteiger charge is -2.18. The molecule has 1 aromatic heterocycles. The topological polar surface area (TPSA) is 130 Å². The molecule has 0 unspecified atom stereocenters. The van der Waals surface area contributed by atoms with Gasteiger partial charge in [0.25, 0.3) is 5.56 Å².